The van der Waals surface area contributed by atoms with Crippen LogP contribution in [0, 0.1) is 6.92 Å². The molecule has 2 aromatic carbocycles. The van der Waals surface area contributed by atoms with E-state index in [2.05, 4.69) is 9.71 Å². The Labute approximate surface area is 135 Å². The van der Waals surface area contributed by atoms with Gasteiger partial charge >= 0.3 is 0 Å². The van der Waals surface area contributed by atoms with Gasteiger partial charge in [0.2, 0.25) is 10.0 Å². The van der Waals surface area contributed by atoms with E-state index in [1.54, 1.807) is 42.5 Å². The number of aromatic nitrogens is 1. The highest BCUT2D eigenvalue weighted by Gasteiger charge is 2.13. The molecule has 0 aliphatic heterocycles. The van der Waals surface area contributed by atoms with Gasteiger partial charge in [-0.25, -0.2) is 13.1 Å². The largest absolute Gasteiger partial charge is 0.508 e. The van der Waals surface area contributed by atoms with E-state index >= 15 is 0 Å². The molecule has 3 rings (SSSR count). The van der Waals surface area contributed by atoms with E-state index in [9.17, 15) is 13.5 Å². The third kappa shape index (κ3) is 3.38. The molecule has 3 N–H and O–H groups in total. The number of sulfonamides is 1. The normalized spacial score (nSPS) is 11.9. The molecule has 0 radical (unpaired) electrons. The summed E-state index contributed by atoms with van der Waals surface area (Å²) < 4.78 is 27.1. The first-order valence-corrected chi connectivity index (χ1v) is 8.79. The summed E-state index contributed by atoms with van der Waals surface area (Å²) in [5, 5.41) is 10.5. The lowest BCUT2D eigenvalue weighted by molar-refractivity contribution is 0.476. The van der Waals surface area contributed by atoms with Crippen molar-refractivity contribution in [2.24, 2.45) is 0 Å². The van der Waals surface area contributed by atoms with Crippen molar-refractivity contribution in [1.29, 1.82) is 0 Å². The van der Waals surface area contributed by atoms with E-state index in [0.29, 0.717) is 13.0 Å². The molecule has 1 heterocycles. The van der Waals surface area contributed by atoms with E-state index < -0.39 is 10.0 Å². The highest BCUT2D eigenvalue weighted by molar-refractivity contribution is 7.89. The molecule has 0 atom stereocenters. The van der Waals surface area contributed by atoms with Crippen LogP contribution in [0.1, 0.15) is 11.1 Å². The third-order valence-electron chi connectivity index (χ3n) is 3.77. The molecule has 5 nitrogen and oxygen atoms in total. The van der Waals surface area contributed by atoms with Gasteiger partial charge in [-0.3, -0.25) is 0 Å². The highest BCUT2D eigenvalue weighted by atomic mass is 32.2. The molecule has 6 heteroatoms. The van der Waals surface area contributed by atoms with Gasteiger partial charge in [-0.15, -0.1) is 0 Å². The summed E-state index contributed by atoms with van der Waals surface area (Å²) in [5.74, 6) is 0.193. The van der Waals surface area contributed by atoms with Crippen molar-refractivity contribution in [3.63, 3.8) is 0 Å². The second-order valence-electron chi connectivity index (χ2n) is 5.50. The molecule has 120 valence electrons. The molecule has 0 amide bonds. The molecule has 0 fully saturated rings. The predicted octanol–water partition coefficient (Wildman–Crippen LogP) is 2.70. The molecule has 0 spiro atoms. The second kappa shape index (κ2) is 6.06. The SMILES string of the molecule is Cc1ccc(S(=O)(=O)NCCc2c[nH]c3ccc(O)cc23)cc1. The molecule has 3 aromatic rings. The van der Waals surface area contributed by atoms with Gasteiger partial charge in [0.25, 0.3) is 0 Å². The number of fused-ring (bicyclic) bond motifs is 1. The Kier molecular flexibility index (Phi) is 4.11. The van der Waals surface area contributed by atoms with Gasteiger partial charge in [0.05, 0.1) is 4.90 Å². The maximum absolute atomic E-state index is 12.2. The highest BCUT2D eigenvalue weighted by Crippen LogP contribution is 2.23. The summed E-state index contributed by atoms with van der Waals surface area (Å²) in [6.45, 7) is 2.20. The fraction of sp³-hybridized carbons (Fsp3) is 0.176. The van der Waals surface area contributed by atoms with E-state index in [0.717, 1.165) is 22.0 Å². The Hall–Kier alpha value is -2.31. The quantitative estimate of drug-likeness (QED) is 0.673. The van der Waals surface area contributed by atoms with Crippen LogP contribution in [0.2, 0.25) is 0 Å². The van der Waals surface area contributed by atoms with Crippen molar-refractivity contribution in [2.45, 2.75) is 18.2 Å². The fourth-order valence-corrected chi connectivity index (χ4v) is 3.53. The van der Waals surface area contributed by atoms with Crippen molar-refractivity contribution >= 4 is 20.9 Å². The number of nitrogens with one attached hydrogen (secondary N) is 2. The van der Waals surface area contributed by atoms with Gasteiger partial charge in [-0.05, 0) is 49.2 Å². The monoisotopic (exact) mass is 330 g/mol. The van der Waals surface area contributed by atoms with E-state index in [4.69, 9.17) is 0 Å². The summed E-state index contributed by atoms with van der Waals surface area (Å²) in [5.41, 5.74) is 2.89. The van der Waals surface area contributed by atoms with Crippen LogP contribution in [0.15, 0.2) is 53.6 Å². The standard InChI is InChI=1S/C17H18N2O3S/c1-12-2-5-15(6-3-12)23(21,22)19-9-8-13-11-18-17-7-4-14(20)10-16(13)17/h2-7,10-11,18-20H,8-9H2,1H3. The number of phenols is 1. The molecular weight excluding hydrogens is 312 g/mol. The third-order valence-corrected chi connectivity index (χ3v) is 5.25. The van der Waals surface area contributed by atoms with Crippen LogP contribution >= 0.6 is 0 Å². The first kappa shape index (κ1) is 15.6. The van der Waals surface area contributed by atoms with E-state index in [1.807, 2.05) is 13.1 Å². The van der Waals surface area contributed by atoms with Crippen molar-refractivity contribution in [3.8, 4) is 5.75 Å². The lowest BCUT2D eigenvalue weighted by Crippen LogP contribution is -2.25. The Morgan fingerprint density at radius 3 is 2.61 bits per heavy atom. The lowest BCUT2D eigenvalue weighted by Gasteiger charge is -2.07. The van der Waals surface area contributed by atoms with E-state index in [-0.39, 0.29) is 10.6 Å². The first-order valence-electron chi connectivity index (χ1n) is 7.31. The Morgan fingerprint density at radius 1 is 1.13 bits per heavy atom. The maximum Gasteiger partial charge on any atom is 0.240 e. The molecular formula is C17H18N2O3S. The zero-order valence-electron chi connectivity index (χ0n) is 12.7. The molecule has 0 saturated heterocycles. The number of phenolic OH excluding ortho intramolecular Hbond substituents is 1. The van der Waals surface area contributed by atoms with Crippen LogP contribution in [0.3, 0.4) is 0 Å². The minimum absolute atomic E-state index is 0.193. The zero-order chi connectivity index (χ0) is 16.4. The van der Waals surface area contributed by atoms with Crippen LogP contribution < -0.4 is 4.72 Å². The Balaban J connectivity index is 1.70. The molecule has 0 bridgehead atoms. The number of rotatable bonds is 5. The number of benzene rings is 2. The summed E-state index contributed by atoms with van der Waals surface area (Å²) in [7, 11) is -3.50. The Bertz CT molecular complexity index is 928. The molecule has 23 heavy (non-hydrogen) atoms. The second-order valence-corrected chi connectivity index (χ2v) is 7.27. The van der Waals surface area contributed by atoms with Gasteiger partial charge in [0, 0.05) is 23.6 Å². The van der Waals surface area contributed by atoms with Crippen LogP contribution in [0.4, 0.5) is 0 Å². The zero-order valence-corrected chi connectivity index (χ0v) is 13.5. The maximum atomic E-state index is 12.2. The number of hydrogen-bond acceptors (Lipinski definition) is 3. The lowest BCUT2D eigenvalue weighted by atomic mass is 10.1. The van der Waals surface area contributed by atoms with Gasteiger partial charge in [-0.1, -0.05) is 17.7 Å². The summed E-state index contributed by atoms with van der Waals surface area (Å²) in [6.07, 6.45) is 2.37. The number of aromatic amines is 1. The van der Waals surface area contributed by atoms with Crippen LogP contribution in [0.25, 0.3) is 10.9 Å². The predicted molar refractivity (Wildman–Crippen MR) is 90.0 cm³/mol. The number of H-pyrrole nitrogens is 1. The van der Waals surface area contributed by atoms with E-state index in [1.165, 1.54) is 0 Å². The molecule has 0 unspecified atom stereocenters. The topological polar surface area (TPSA) is 82.2 Å². The van der Waals surface area contributed by atoms with Gasteiger partial charge in [0.1, 0.15) is 5.75 Å². The summed E-state index contributed by atoms with van der Waals surface area (Å²) in [6, 6.07) is 11.8. The van der Waals surface area contributed by atoms with Crippen LogP contribution in [-0.2, 0) is 16.4 Å². The fourth-order valence-electron chi connectivity index (χ4n) is 2.49. The van der Waals surface area contributed by atoms with Crippen molar-refractivity contribution < 1.29 is 13.5 Å². The summed E-state index contributed by atoms with van der Waals surface area (Å²) in [4.78, 5) is 3.38. The van der Waals surface area contributed by atoms with Gasteiger partial charge in [-0.2, -0.15) is 0 Å². The van der Waals surface area contributed by atoms with Crippen molar-refractivity contribution in [3.05, 3.63) is 59.8 Å². The molecule has 0 aliphatic rings. The smallest absolute Gasteiger partial charge is 0.240 e. The number of hydrogen-bond donors (Lipinski definition) is 3. The van der Waals surface area contributed by atoms with Gasteiger partial charge < -0.3 is 10.1 Å². The van der Waals surface area contributed by atoms with Gasteiger partial charge in [0.15, 0.2) is 0 Å². The molecule has 1 aromatic heterocycles. The van der Waals surface area contributed by atoms with Crippen molar-refractivity contribution in [1.82, 2.24) is 9.71 Å². The average Bonchev–Trinajstić information content (AvgIpc) is 2.90. The number of aromatic hydroxyl groups is 1. The van der Waals surface area contributed by atoms with Crippen LogP contribution in [0.5, 0.6) is 5.75 Å². The average molecular weight is 330 g/mol. The number of aryl methyl sites for hydroxylation is 1. The minimum Gasteiger partial charge on any atom is -0.508 e. The summed E-state index contributed by atoms with van der Waals surface area (Å²) >= 11 is 0. The molecule has 0 saturated carbocycles. The van der Waals surface area contributed by atoms with Crippen molar-refractivity contribution in [2.75, 3.05) is 6.54 Å². The first-order chi connectivity index (χ1) is 11.0. The van der Waals surface area contributed by atoms with Crippen LogP contribution in [-0.4, -0.2) is 25.1 Å². The Morgan fingerprint density at radius 2 is 1.87 bits per heavy atom. The minimum atomic E-state index is -3.50. The molecule has 0 aliphatic carbocycles.